The lowest BCUT2D eigenvalue weighted by molar-refractivity contribution is 0.259. The second-order valence-electron chi connectivity index (χ2n) is 7.44. The number of likely N-dealkylation sites (N-methyl/N-ethyl adjacent to an activating group) is 1. The SMILES string of the molecule is CCN1CCCC1CNCc1cc(Br)c(OCc2ccc(C)cc2)c(OC)c1. The van der Waals surface area contributed by atoms with Crippen LogP contribution in [0, 0.1) is 6.92 Å². The van der Waals surface area contributed by atoms with Crippen LogP contribution >= 0.6 is 15.9 Å². The van der Waals surface area contributed by atoms with Crippen molar-refractivity contribution in [2.24, 2.45) is 0 Å². The van der Waals surface area contributed by atoms with Crippen molar-refractivity contribution in [1.82, 2.24) is 10.2 Å². The quantitative estimate of drug-likeness (QED) is 0.592. The normalized spacial score (nSPS) is 17.1. The Bertz CT molecular complexity index is 764. The number of likely N-dealkylation sites (tertiary alicyclic amines) is 1. The highest BCUT2D eigenvalue weighted by Gasteiger charge is 2.22. The number of rotatable bonds is 9. The van der Waals surface area contributed by atoms with E-state index in [1.165, 1.54) is 30.5 Å². The number of hydrogen-bond donors (Lipinski definition) is 1. The van der Waals surface area contributed by atoms with Gasteiger partial charge in [-0.15, -0.1) is 0 Å². The number of halogens is 1. The molecule has 5 heteroatoms. The molecule has 0 radical (unpaired) electrons. The average Bonchev–Trinajstić information content (AvgIpc) is 3.15. The molecule has 2 aromatic rings. The summed E-state index contributed by atoms with van der Waals surface area (Å²) in [5.74, 6) is 1.51. The van der Waals surface area contributed by atoms with E-state index in [9.17, 15) is 0 Å². The predicted molar refractivity (Wildman–Crippen MR) is 118 cm³/mol. The molecule has 0 aliphatic carbocycles. The second-order valence-corrected chi connectivity index (χ2v) is 8.29. The highest BCUT2D eigenvalue weighted by atomic mass is 79.9. The van der Waals surface area contributed by atoms with Crippen LogP contribution in [0.4, 0.5) is 0 Å². The van der Waals surface area contributed by atoms with Crippen LogP contribution in [0.2, 0.25) is 0 Å². The van der Waals surface area contributed by atoms with Crippen LogP contribution in [0.5, 0.6) is 11.5 Å². The number of nitrogens with one attached hydrogen (secondary N) is 1. The fourth-order valence-corrected chi connectivity index (χ4v) is 4.38. The largest absolute Gasteiger partial charge is 0.493 e. The Morgan fingerprint density at radius 2 is 1.96 bits per heavy atom. The van der Waals surface area contributed by atoms with E-state index in [1.54, 1.807) is 7.11 Å². The van der Waals surface area contributed by atoms with Crippen molar-refractivity contribution in [3.8, 4) is 11.5 Å². The molecule has 3 rings (SSSR count). The third-order valence-electron chi connectivity index (χ3n) is 5.41. The molecule has 2 aromatic carbocycles. The van der Waals surface area contributed by atoms with Crippen molar-refractivity contribution in [2.75, 3.05) is 26.7 Å². The van der Waals surface area contributed by atoms with Gasteiger partial charge in [-0.3, -0.25) is 4.90 Å². The molecule has 1 aliphatic heterocycles. The minimum atomic E-state index is 0.515. The first-order chi connectivity index (χ1) is 13.6. The van der Waals surface area contributed by atoms with Crippen LogP contribution in [0.15, 0.2) is 40.9 Å². The number of nitrogens with zero attached hydrogens (tertiary/aromatic N) is 1. The summed E-state index contributed by atoms with van der Waals surface area (Å²) in [5, 5.41) is 3.61. The van der Waals surface area contributed by atoms with E-state index in [0.717, 1.165) is 41.2 Å². The molecule has 1 N–H and O–H groups in total. The first kappa shape index (κ1) is 21.2. The average molecular weight is 447 g/mol. The van der Waals surface area contributed by atoms with Crippen LogP contribution in [0.25, 0.3) is 0 Å². The van der Waals surface area contributed by atoms with Crippen LogP contribution < -0.4 is 14.8 Å². The molecule has 1 heterocycles. The molecular weight excluding hydrogens is 416 g/mol. The first-order valence-corrected chi connectivity index (χ1v) is 10.9. The Labute approximate surface area is 177 Å². The molecule has 0 bridgehead atoms. The second kappa shape index (κ2) is 10.3. The summed E-state index contributed by atoms with van der Waals surface area (Å²) in [6.45, 7) is 9.06. The molecule has 0 saturated carbocycles. The summed E-state index contributed by atoms with van der Waals surface area (Å²) >= 11 is 3.66. The van der Waals surface area contributed by atoms with Crippen molar-refractivity contribution >= 4 is 15.9 Å². The number of aryl methyl sites for hydroxylation is 1. The topological polar surface area (TPSA) is 33.7 Å². The van der Waals surface area contributed by atoms with E-state index < -0.39 is 0 Å². The maximum Gasteiger partial charge on any atom is 0.175 e. The van der Waals surface area contributed by atoms with Gasteiger partial charge in [0, 0.05) is 19.1 Å². The maximum absolute atomic E-state index is 6.06. The summed E-state index contributed by atoms with van der Waals surface area (Å²) in [4.78, 5) is 2.56. The van der Waals surface area contributed by atoms with Crippen molar-refractivity contribution in [3.63, 3.8) is 0 Å². The number of benzene rings is 2. The molecule has 1 fully saturated rings. The molecule has 0 amide bonds. The summed E-state index contributed by atoms with van der Waals surface area (Å²) in [6.07, 6.45) is 2.60. The number of hydrogen-bond acceptors (Lipinski definition) is 4. The number of ether oxygens (including phenoxy) is 2. The van der Waals surface area contributed by atoms with Crippen LogP contribution in [-0.4, -0.2) is 37.7 Å². The van der Waals surface area contributed by atoms with Crippen molar-refractivity contribution < 1.29 is 9.47 Å². The highest BCUT2D eigenvalue weighted by Crippen LogP contribution is 2.37. The predicted octanol–water partition coefficient (Wildman–Crippen LogP) is 4.92. The lowest BCUT2D eigenvalue weighted by atomic mass is 10.1. The van der Waals surface area contributed by atoms with E-state index in [4.69, 9.17) is 9.47 Å². The third-order valence-corrected chi connectivity index (χ3v) is 6.00. The zero-order valence-corrected chi connectivity index (χ0v) is 18.7. The summed E-state index contributed by atoms with van der Waals surface area (Å²) in [6, 6.07) is 13.2. The van der Waals surface area contributed by atoms with Gasteiger partial charge in [0.2, 0.25) is 0 Å². The standard InChI is InChI=1S/C23H31BrN2O2/c1-4-26-11-5-6-20(26)15-25-14-19-12-21(24)23(22(13-19)27-3)28-16-18-9-7-17(2)8-10-18/h7-10,12-13,20,25H,4-6,11,14-16H2,1-3H3. The lowest BCUT2D eigenvalue weighted by Crippen LogP contribution is -2.37. The minimum Gasteiger partial charge on any atom is -0.493 e. The highest BCUT2D eigenvalue weighted by molar-refractivity contribution is 9.10. The molecular formula is C23H31BrN2O2. The lowest BCUT2D eigenvalue weighted by Gasteiger charge is -2.23. The number of methoxy groups -OCH3 is 1. The van der Waals surface area contributed by atoms with Gasteiger partial charge in [-0.05, 0) is 72.0 Å². The molecule has 1 aliphatic rings. The van der Waals surface area contributed by atoms with Gasteiger partial charge in [0.25, 0.3) is 0 Å². The maximum atomic E-state index is 6.06. The van der Waals surface area contributed by atoms with Crippen LogP contribution in [-0.2, 0) is 13.2 Å². The summed E-state index contributed by atoms with van der Waals surface area (Å²) < 4.78 is 12.6. The van der Waals surface area contributed by atoms with E-state index in [-0.39, 0.29) is 0 Å². The van der Waals surface area contributed by atoms with Gasteiger partial charge in [0.1, 0.15) is 6.61 Å². The molecule has 0 aromatic heterocycles. The van der Waals surface area contributed by atoms with E-state index in [1.807, 2.05) is 0 Å². The molecule has 4 nitrogen and oxygen atoms in total. The van der Waals surface area contributed by atoms with Gasteiger partial charge in [0.05, 0.1) is 11.6 Å². The zero-order valence-electron chi connectivity index (χ0n) is 17.1. The Morgan fingerprint density at radius 1 is 1.18 bits per heavy atom. The Kier molecular flexibility index (Phi) is 7.77. The minimum absolute atomic E-state index is 0.515. The van der Waals surface area contributed by atoms with Gasteiger partial charge in [-0.25, -0.2) is 0 Å². The third kappa shape index (κ3) is 5.49. The molecule has 1 unspecified atom stereocenters. The Hall–Kier alpha value is -1.56. The van der Waals surface area contributed by atoms with Crippen molar-refractivity contribution in [2.45, 2.75) is 45.9 Å². The molecule has 1 saturated heterocycles. The Morgan fingerprint density at radius 3 is 2.68 bits per heavy atom. The van der Waals surface area contributed by atoms with E-state index >= 15 is 0 Å². The fraction of sp³-hybridized carbons (Fsp3) is 0.478. The monoisotopic (exact) mass is 446 g/mol. The zero-order chi connectivity index (χ0) is 19.9. The van der Waals surface area contributed by atoms with Gasteiger partial charge >= 0.3 is 0 Å². The molecule has 0 spiro atoms. The van der Waals surface area contributed by atoms with Gasteiger partial charge in [-0.2, -0.15) is 0 Å². The van der Waals surface area contributed by atoms with Gasteiger partial charge in [-0.1, -0.05) is 36.8 Å². The Balaban J connectivity index is 1.59. The molecule has 152 valence electrons. The van der Waals surface area contributed by atoms with Crippen LogP contribution in [0.1, 0.15) is 36.5 Å². The van der Waals surface area contributed by atoms with Gasteiger partial charge < -0.3 is 14.8 Å². The van der Waals surface area contributed by atoms with Crippen LogP contribution in [0.3, 0.4) is 0 Å². The molecule has 28 heavy (non-hydrogen) atoms. The first-order valence-electron chi connectivity index (χ1n) is 10.1. The summed E-state index contributed by atoms with van der Waals surface area (Å²) in [5.41, 5.74) is 3.58. The molecule has 1 atom stereocenters. The van der Waals surface area contributed by atoms with E-state index in [2.05, 4.69) is 76.4 Å². The van der Waals surface area contributed by atoms with Gasteiger partial charge in [0.15, 0.2) is 11.5 Å². The smallest absolute Gasteiger partial charge is 0.175 e. The summed E-state index contributed by atoms with van der Waals surface area (Å²) in [7, 11) is 1.69. The fourth-order valence-electron chi connectivity index (χ4n) is 3.78. The van der Waals surface area contributed by atoms with E-state index in [0.29, 0.717) is 12.6 Å². The van der Waals surface area contributed by atoms with Crippen molar-refractivity contribution in [1.29, 1.82) is 0 Å². The van der Waals surface area contributed by atoms with Crippen molar-refractivity contribution in [3.05, 3.63) is 57.6 Å².